The van der Waals surface area contributed by atoms with Crippen molar-refractivity contribution in [2.45, 2.75) is 19.8 Å². The van der Waals surface area contributed by atoms with Gasteiger partial charge in [0.25, 0.3) is 0 Å². The molecule has 0 aliphatic rings. The quantitative estimate of drug-likeness (QED) is 0.631. The Morgan fingerprint density at radius 2 is 1.41 bits per heavy atom. The van der Waals surface area contributed by atoms with E-state index in [1.165, 1.54) is 5.56 Å². The molecular formula is C17H16. The summed E-state index contributed by atoms with van der Waals surface area (Å²) in [4.78, 5) is 0. The van der Waals surface area contributed by atoms with Gasteiger partial charge < -0.3 is 0 Å². The Hall–Kier alpha value is -2.00. The highest BCUT2D eigenvalue weighted by Crippen LogP contribution is 2.18. The van der Waals surface area contributed by atoms with Crippen LogP contribution in [0.5, 0.6) is 0 Å². The van der Waals surface area contributed by atoms with Gasteiger partial charge >= 0.3 is 0 Å². The van der Waals surface area contributed by atoms with Crippen LogP contribution in [-0.4, -0.2) is 0 Å². The van der Waals surface area contributed by atoms with Crippen LogP contribution in [0.2, 0.25) is 0 Å². The fourth-order valence-corrected chi connectivity index (χ4v) is 1.78. The van der Waals surface area contributed by atoms with E-state index in [0.717, 1.165) is 11.1 Å². The molecule has 17 heavy (non-hydrogen) atoms. The van der Waals surface area contributed by atoms with E-state index in [1.807, 2.05) is 36.4 Å². The first kappa shape index (κ1) is 11.5. The van der Waals surface area contributed by atoms with Crippen molar-refractivity contribution in [2.75, 3.05) is 0 Å². The van der Waals surface area contributed by atoms with Gasteiger partial charge in [-0.3, -0.25) is 0 Å². The highest BCUT2D eigenvalue weighted by atomic mass is 14.1. The normalized spacial score (nSPS) is 9.82. The van der Waals surface area contributed by atoms with E-state index in [1.54, 1.807) is 0 Å². The van der Waals surface area contributed by atoms with Crippen LogP contribution in [0.25, 0.3) is 0 Å². The third-order valence-corrected chi connectivity index (χ3v) is 2.70. The molecule has 0 saturated carbocycles. The molecule has 0 bridgehead atoms. The minimum absolute atomic E-state index is 0.510. The Kier molecular flexibility index (Phi) is 3.62. The van der Waals surface area contributed by atoms with Gasteiger partial charge in [0.2, 0.25) is 0 Å². The summed E-state index contributed by atoms with van der Waals surface area (Å²) in [6.07, 6.45) is 0. The highest BCUT2D eigenvalue weighted by molar-refractivity contribution is 5.47. The maximum atomic E-state index is 3.26. The Morgan fingerprint density at radius 1 is 0.765 bits per heavy atom. The largest absolute Gasteiger partial charge is 0.0622 e. The molecular weight excluding hydrogens is 204 g/mol. The van der Waals surface area contributed by atoms with Crippen molar-refractivity contribution in [1.82, 2.24) is 0 Å². The minimum atomic E-state index is 0.510. The fourth-order valence-electron chi connectivity index (χ4n) is 1.78. The van der Waals surface area contributed by atoms with Crippen LogP contribution in [0.4, 0.5) is 0 Å². The van der Waals surface area contributed by atoms with E-state index < -0.39 is 0 Å². The molecule has 0 fully saturated rings. The first-order valence-corrected chi connectivity index (χ1v) is 5.93. The summed E-state index contributed by atoms with van der Waals surface area (Å²) in [6.45, 7) is 4.39. The van der Waals surface area contributed by atoms with Gasteiger partial charge in [0.05, 0.1) is 0 Å². The molecule has 0 aliphatic heterocycles. The van der Waals surface area contributed by atoms with Crippen LogP contribution < -0.4 is 0 Å². The van der Waals surface area contributed by atoms with Crippen LogP contribution >= 0.6 is 0 Å². The average molecular weight is 220 g/mol. The minimum Gasteiger partial charge on any atom is -0.0622 e. The average Bonchev–Trinajstić information content (AvgIpc) is 2.38. The second-order valence-electron chi connectivity index (χ2n) is 4.36. The first-order valence-electron chi connectivity index (χ1n) is 5.93. The zero-order valence-electron chi connectivity index (χ0n) is 10.3. The van der Waals surface area contributed by atoms with Gasteiger partial charge in [-0.1, -0.05) is 62.1 Å². The number of hydrogen-bond donors (Lipinski definition) is 0. The molecule has 0 heterocycles. The smallest absolute Gasteiger partial charge is 0.0283 e. The standard InChI is InChI=1S/C17H16/c1-14(2)17-11-7-6-10-16(17)13-12-15-8-4-3-5-9-15/h3-11,14H,1-2H3. The van der Waals surface area contributed by atoms with Crippen molar-refractivity contribution in [2.24, 2.45) is 0 Å². The summed E-state index contributed by atoms with van der Waals surface area (Å²) in [6, 6.07) is 18.5. The Bertz CT molecular complexity index is 539. The first-order chi connectivity index (χ1) is 8.27. The van der Waals surface area contributed by atoms with E-state index in [0.29, 0.717) is 5.92 Å². The number of benzene rings is 2. The van der Waals surface area contributed by atoms with Crippen molar-refractivity contribution in [3.05, 3.63) is 71.3 Å². The van der Waals surface area contributed by atoms with Crippen molar-refractivity contribution < 1.29 is 0 Å². The van der Waals surface area contributed by atoms with Gasteiger partial charge in [-0.25, -0.2) is 0 Å². The summed E-state index contributed by atoms with van der Waals surface area (Å²) < 4.78 is 0. The third-order valence-electron chi connectivity index (χ3n) is 2.70. The Morgan fingerprint density at radius 3 is 2.12 bits per heavy atom. The number of rotatable bonds is 1. The molecule has 0 amide bonds. The van der Waals surface area contributed by atoms with Gasteiger partial charge in [0.15, 0.2) is 0 Å². The molecule has 0 nitrogen and oxygen atoms in total. The fraction of sp³-hybridized carbons (Fsp3) is 0.176. The zero-order chi connectivity index (χ0) is 12.1. The molecule has 0 atom stereocenters. The van der Waals surface area contributed by atoms with Crippen molar-refractivity contribution in [3.63, 3.8) is 0 Å². The van der Waals surface area contributed by atoms with E-state index in [9.17, 15) is 0 Å². The second kappa shape index (κ2) is 5.37. The molecule has 0 N–H and O–H groups in total. The number of hydrogen-bond acceptors (Lipinski definition) is 0. The topological polar surface area (TPSA) is 0 Å². The summed E-state index contributed by atoms with van der Waals surface area (Å²) >= 11 is 0. The van der Waals surface area contributed by atoms with Gasteiger partial charge in [0, 0.05) is 11.1 Å². The van der Waals surface area contributed by atoms with Crippen molar-refractivity contribution in [3.8, 4) is 11.8 Å². The molecule has 0 spiro atoms. The molecule has 2 aromatic rings. The summed E-state index contributed by atoms with van der Waals surface area (Å²) in [5.41, 5.74) is 3.51. The van der Waals surface area contributed by atoms with Gasteiger partial charge in [0.1, 0.15) is 0 Å². The van der Waals surface area contributed by atoms with E-state index in [2.05, 4.69) is 43.9 Å². The summed E-state index contributed by atoms with van der Waals surface area (Å²) in [7, 11) is 0. The lowest BCUT2D eigenvalue weighted by Gasteiger charge is -2.07. The van der Waals surface area contributed by atoms with Crippen LogP contribution in [0, 0.1) is 11.8 Å². The van der Waals surface area contributed by atoms with E-state index in [4.69, 9.17) is 0 Å². The lowest BCUT2D eigenvalue weighted by molar-refractivity contribution is 0.863. The maximum Gasteiger partial charge on any atom is 0.0283 e. The predicted molar refractivity (Wildman–Crippen MR) is 73.0 cm³/mol. The molecule has 2 aromatic carbocycles. The molecule has 0 aromatic heterocycles. The van der Waals surface area contributed by atoms with Crippen molar-refractivity contribution >= 4 is 0 Å². The monoisotopic (exact) mass is 220 g/mol. The molecule has 0 radical (unpaired) electrons. The lowest BCUT2D eigenvalue weighted by atomic mass is 9.97. The van der Waals surface area contributed by atoms with Crippen LogP contribution in [0.3, 0.4) is 0 Å². The summed E-state index contributed by atoms with van der Waals surface area (Å²) in [5, 5.41) is 0. The lowest BCUT2D eigenvalue weighted by Crippen LogP contribution is -1.91. The SMILES string of the molecule is CC(C)c1ccccc1C#Cc1ccccc1. The van der Waals surface area contributed by atoms with Crippen LogP contribution in [0.1, 0.15) is 36.5 Å². The van der Waals surface area contributed by atoms with E-state index >= 15 is 0 Å². The van der Waals surface area contributed by atoms with Gasteiger partial charge in [-0.05, 0) is 29.7 Å². The predicted octanol–water partition coefficient (Wildman–Crippen LogP) is 4.21. The van der Waals surface area contributed by atoms with Gasteiger partial charge in [-0.15, -0.1) is 0 Å². The summed E-state index contributed by atoms with van der Waals surface area (Å²) in [5.74, 6) is 6.98. The molecule has 0 saturated heterocycles. The van der Waals surface area contributed by atoms with Crippen LogP contribution in [-0.2, 0) is 0 Å². The third kappa shape index (κ3) is 2.98. The zero-order valence-corrected chi connectivity index (χ0v) is 10.3. The Balaban J connectivity index is 2.34. The molecule has 0 heteroatoms. The van der Waals surface area contributed by atoms with Gasteiger partial charge in [-0.2, -0.15) is 0 Å². The maximum absolute atomic E-state index is 3.26. The molecule has 84 valence electrons. The van der Waals surface area contributed by atoms with Crippen molar-refractivity contribution in [1.29, 1.82) is 0 Å². The molecule has 2 rings (SSSR count). The van der Waals surface area contributed by atoms with E-state index in [-0.39, 0.29) is 0 Å². The highest BCUT2D eigenvalue weighted by Gasteiger charge is 2.02. The second-order valence-corrected chi connectivity index (χ2v) is 4.36. The van der Waals surface area contributed by atoms with Crippen LogP contribution in [0.15, 0.2) is 54.6 Å². The molecule has 0 aliphatic carbocycles. The molecule has 0 unspecified atom stereocenters. The Labute approximate surface area is 103 Å².